The summed E-state index contributed by atoms with van der Waals surface area (Å²) in [5, 5.41) is -0.256. The molecule has 2 nitrogen and oxygen atoms in total. The molecule has 0 radical (unpaired) electrons. The van der Waals surface area contributed by atoms with Gasteiger partial charge < -0.3 is 4.90 Å². The normalized spacial score (nSPS) is 25.4. The third-order valence-electron chi connectivity index (χ3n) is 4.22. The van der Waals surface area contributed by atoms with Gasteiger partial charge in [0.15, 0.2) is 0 Å². The maximum atomic E-state index is 12.3. The molecule has 0 aromatic heterocycles. The Bertz CT molecular complexity index is 243. The summed E-state index contributed by atoms with van der Waals surface area (Å²) in [6.07, 6.45) is 10.9. The van der Waals surface area contributed by atoms with E-state index in [1.54, 1.807) is 0 Å². The van der Waals surface area contributed by atoms with Gasteiger partial charge in [0.1, 0.15) is 5.38 Å². The molecule has 2 rings (SSSR count). The summed E-state index contributed by atoms with van der Waals surface area (Å²) in [7, 11) is 0. The van der Waals surface area contributed by atoms with Crippen LogP contribution in [0.3, 0.4) is 0 Å². The zero-order chi connectivity index (χ0) is 12.1. The molecule has 1 saturated heterocycles. The first-order valence-corrected chi connectivity index (χ1v) is 7.65. The summed E-state index contributed by atoms with van der Waals surface area (Å²) in [5.74, 6) is 0.640. The topological polar surface area (TPSA) is 20.3 Å². The molecular formula is C14H24ClNO. The average Bonchev–Trinajstić information content (AvgIpc) is 2.67. The van der Waals surface area contributed by atoms with Gasteiger partial charge in [-0.05, 0) is 31.6 Å². The standard InChI is InChI=1S/C14H24ClNO/c15-13(12-8-4-3-5-9-12)14(17)16-10-6-1-2-7-11-16/h12-13H,1-11H2. The minimum Gasteiger partial charge on any atom is -0.341 e. The molecule has 1 amide bonds. The minimum atomic E-state index is -0.256. The number of alkyl halides is 1. The Morgan fingerprint density at radius 2 is 1.47 bits per heavy atom. The second kappa shape index (κ2) is 6.63. The highest BCUT2D eigenvalue weighted by Crippen LogP contribution is 2.30. The molecule has 2 fully saturated rings. The van der Waals surface area contributed by atoms with Crippen molar-refractivity contribution >= 4 is 17.5 Å². The second-order valence-electron chi connectivity index (χ2n) is 5.54. The smallest absolute Gasteiger partial charge is 0.240 e. The van der Waals surface area contributed by atoms with Crippen LogP contribution >= 0.6 is 11.6 Å². The van der Waals surface area contributed by atoms with Gasteiger partial charge >= 0.3 is 0 Å². The lowest BCUT2D eigenvalue weighted by molar-refractivity contribution is -0.131. The van der Waals surface area contributed by atoms with E-state index in [0.29, 0.717) is 5.92 Å². The van der Waals surface area contributed by atoms with E-state index in [4.69, 9.17) is 11.6 Å². The van der Waals surface area contributed by atoms with Crippen molar-refractivity contribution in [3.63, 3.8) is 0 Å². The summed E-state index contributed by atoms with van der Waals surface area (Å²) in [4.78, 5) is 14.4. The second-order valence-corrected chi connectivity index (χ2v) is 6.01. The zero-order valence-corrected chi connectivity index (χ0v) is 11.4. The number of hydrogen-bond donors (Lipinski definition) is 0. The van der Waals surface area contributed by atoms with E-state index < -0.39 is 0 Å². The fraction of sp³-hybridized carbons (Fsp3) is 0.929. The Kier molecular flexibility index (Phi) is 5.15. The van der Waals surface area contributed by atoms with Crippen LogP contribution in [0.25, 0.3) is 0 Å². The van der Waals surface area contributed by atoms with Crippen LogP contribution in [0.2, 0.25) is 0 Å². The Balaban J connectivity index is 1.88. The molecule has 1 atom stereocenters. The monoisotopic (exact) mass is 257 g/mol. The highest BCUT2D eigenvalue weighted by atomic mass is 35.5. The molecule has 0 N–H and O–H groups in total. The van der Waals surface area contributed by atoms with Crippen LogP contribution in [0.5, 0.6) is 0 Å². The van der Waals surface area contributed by atoms with Crippen LogP contribution in [0.1, 0.15) is 57.8 Å². The van der Waals surface area contributed by atoms with Crippen LogP contribution in [0.4, 0.5) is 0 Å². The first-order valence-electron chi connectivity index (χ1n) is 7.22. The Morgan fingerprint density at radius 3 is 2.06 bits per heavy atom. The SMILES string of the molecule is O=C(C(Cl)C1CCCCC1)N1CCCCCC1. The number of carbonyl (C=O) groups excluding carboxylic acids is 1. The number of amides is 1. The van der Waals surface area contributed by atoms with Crippen LogP contribution < -0.4 is 0 Å². The Labute approximate surface area is 110 Å². The molecule has 1 saturated carbocycles. The molecule has 17 heavy (non-hydrogen) atoms. The van der Waals surface area contributed by atoms with Crippen molar-refractivity contribution < 1.29 is 4.79 Å². The van der Waals surface area contributed by atoms with Crippen LogP contribution in [0.15, 0.2) is 0 Å². The Hall–Kier alpha value is -0.240. The highest BCUT2D eigenvalue weighted by molar-refractivity contribution is 6.30. The fourth-order valence-corrected chi connectivity index (χ4v) is 3.48. The Morgan fingerprint density at radius 1 is 0.941 bits per heavy atom. The zero-order valence-electron chi connectivity index (χ0n) is 10.7. The van der Waals surface area contributed by atoms with Crippen molar-refractivity contribution in [1.82, 2.24) is 4.90 Å². The van der Waals surface area contributed by atoms with Gasteiger partial charge in [0.05, 0.1) is 0 Å². The predicted octanol–water partition coefficient (Wildman–Crippen LogP) is 3.58. The number of halogens is 1. The van der Waals surface area contributed by atoms with Gasteiger partial charge in [-0.2, -0.15) is 0 Å². The molecule has 1 unspecified atom stereocenters. The number of hydrogen-bond acceptors (Lipinski definition) is 1. The van der Waals surface area contributed by atoms with E-state index >= 15 is 0 Å². The first-order chi connectivity index (χ1) is 8.29. The van der Waals surface area contributed by atoms with Crippen molar-refractivity contribution in [3.8, 4) is 0 Å². The van der Waals surface area contributed by atoms with Gasteiger partial charge in [-0.25, -0.2) is 0 Å². The lowest BCUT2D eigenvalue weighted by Gasteiger charge is -2.29. The first kappa shape index (κ1) is 13.2. The number of rotatable bonds is 2. The third kappa shape index (κ3) is 3.61. The number of likely N-dealkylation sites (tertiary alicyclic amines) is 1. The van der Waals surface area contributed by atoms with Gasteiger partial charge in [-0.15, -0.1) is 11.6 Å². The molecule has 2 aliphatic rings. The van der Waals surface area contributed by atoms with Gasteiger partial charge in [-0.1, -0.05) is 32.1 Å². The van der Waals surface area contributed by atoms with Gasteiger partial charge in [0.25, 0.3) is 0 Å². The van der Waals surface area contributed by atoms with E-state index in [2.05, 4.69) is 0 Å². The summed E-state index contributed by atoms with van der Waals surface area (Å²) < 4.78 is 0. The minimum absolute atomic E-state index is 0.209. The van der Waals surface area contributed by atoms with Gasteiger partial charge in [0, 0.05) is 13.1 Å². The molecule has 1 aliphatic heterocycles. The number of carbonyl (C=O) groups is 1. The van der Waals surface area contributed by atoms with E-state index in [9.17, 15) is 4.79 Å². The maximum Gasteiger partial charge on any atom is 0.240 e. The summed E-state index contributed by atoms with van der Waals surface area (Å²) in [6, 6.07) is 0. The summed E-state index contributed by atoms with van der Waals surface area (Å²) in [5.41, 5.74) is 0. The maximum absolute atomic E-state index is 12.3. The van der Waals surface area contributed by atoms with Gasteiger partial charge in [0.2, 0.25) is 5.91 Å². The third-order valence-corrected chi connectivity index (χ3v) is 4.76. The van der Waals surface area contributed by atoms with Gasteiger partial charge in [-0.3, -0.25) is 4.79 Å². The quantitative estimate of drug-likeness (QED) is 0.693. The molecule has 0 spiro atoms. The molecule has 3 heteroatoms. The molecule has 1 aliphatic carbocycles. The van der Waals surface area contributed by atoms with Crippen molar-refractivity contribution in [3.05, 3.63) is 0 Å². The van der Waals surface area contributed by atoms with Crippen LogP contribution in [0, 0.1) is 5.92 Å². The van der Waals surface area contributed by atoms with Crippen molar-refractivity contribution in [2.24, 2.45) is 5.92 Å². The molecule has 1 heterocycles. The molecular weight excluding hydrogens is 234 g/mol. The van der Waals surface area contributed by atoms with Crippen molar-refractivity contribution in [1.29, 1.82) is 0 Å². The van der Waals surface area contributed by atoms with Crippen LogP contribution in [-0.2, 0) is 4.79 Å². The van der Waals surface area contributed by atoms with Crippen molar-refractivity contribution in [2.45, 2.75) is 63.2 Å². The molecule has 0 bridgehead atoms. The summed E-state index contributed by atoms with van der Waals surface area (Å²) >= 11 is 6.41. The van der Waals surface area contributed by atoms with E-state index in [1.807, 2.05) is 4.90 Å². The fourth-order valence-electron chi connectivity index (χ4n) is 3.09. The van der Waals surface area contributed by atoms with Crippen molar-refractivity contribution in [2.75, 3.05) is 13.1 Å². The lowest BCUT2D eigenvalue weighted by Crippen LogP contribution is -2.41. The van der Waals surface area contributed by atoms with Crippen LogP contribution in [-0.4, -0.2) is 29.3 Å². The molecule has 0 aromatic carbocycles. The molecule has 98 valence electrons. The predicted molar refractivity (Wildman–Crippen MR) is 71.3 cm³/mol. The average molecular weight is 258 g/mol. The lowest BCUT2D eigenvalue weighted by atomic mass is 9.86. The largest absolute Gasteiger partial charge is 0.341 e. The highest BCUT2D eigenvalue weighted by Gasteiger charge is 2.30. The van der Waals surface area contributed by atoms with E-state index in [-0.39, 0.29) is 11.3 Å². The van der Waals surface area contributed by atoms with E-state index in [1.165, 1.54) is 32.1 Å². The number of nitrogens with zero attached hydrogens (tertiary/aromatic N) is 1. The summed E-state index contributed by atoms with van der Waals surface area (Å²) in [6.45, 7) is 1.85. The molecule has 0 aromatic rings. The van der Waals surface area contributed by atoms with E-state index in [0.717, 1.165) is 38.8 Å².